The molecule has 0 spiro atoms. The number of benzene rings is 1. The predicted octanol–water partition coefficient (Wildman–Crippen LogP) is 2.69. The summed E-state index contributed by atoms with van der Waals surface area (Å²) in [5, 5.41) is 0. The summed E-state index contributed by atoms with van der Waals surface area (Å²) in [4.78, 5) is 36.5. The van der Waals surface area contributed by atoms with Crippen molar-refractivity contribution in [1.82, 2.24) is 0 Å². The molecule has 1 aliphatic heterocycles. The van der Waals surface area contributed by atoms with Crippen LogP contribution in [0.2, 0.25) is 0 Å². The highest BCUT2D eigenvalue weighted by Gasteiger charge is 2.43. The zero-order valence-electron chi connectivity index (χ0n) is 14.8. The Labute approximate surface area is 155 Å². The molecule has 2 aliphatic rings. The summed E-state index contributed by atoms with van der Waals surface area (Å²) in [5.74, 6) is -3.17. The topological polar surface area (TPSA) is 78.9 Å². The van der Waals surface area contributed by atoms with E-state index in [2.05, 4.69) is 0 Å². The lowest BCUT2D eigenvalue weighted by atomic mass is 9.92. The Bertz CT molecular complexity index is 803. The summed E-state index contributed by atoms with van der Waals surface area (Å²) in [6.45, 7) is 1.64. The molecule has 27 heavy (non-hydrogen) atoms. The smallest absolute Gasteiger partial charge is 0.343 e. The predicted molar refractivity (Wildman–Crippen MR) is 92.5 cm³/mol. The van der Waals surface area contributed by atoms with Crippen molar-refractivity contribution >= 4 is 17.7 Å². The van der Waals surface area contributed by atoms with E-state index in [-0.39, 0.29) is 23.8 Å². The number of hydrogen-bond donors (Lipinski definition) is 0. The molecule has 0 N–H and O–H groups in total. The summed E-state index contributed by atoms with van der Waals surface area (Å²) in [7, 11) is 0. The fraction of sp³-hybridized carbons (Fsp3) is 0.350. The van der Waals surface area contributed by atoms with Gasteiger partial charge in [0.2, 0.25) is 11.5 Å². The van der Waals surface area contributed by atoms with Gasteiger partial charge >= 0.3 is 11.9 Å². The molecule has 0 bridgehead atoms. The van der Waals surface area contributed by atoms with Gasteiger partial charge in [0, 0.05) is 6.61 Å². The summed E-state index contributed by atoms with van der Waals surface area (Å²) >= 11 is 0. The zero-order chi connectivity index (χ0) is 19.4. The van der Waals surface area contributed by atoms with E-state index in [9.17, 15) is 18.8 Å². The Morgan fingerprint density at radius 1 is 1.22 bits per heavy atom. The van der Waals surface area contributed by atoms with E-state index in [1.807, 2.05) is 0 Å². The lowest BCUT2D eigenvalue weighted by Crippen LogP contribution is -2.36. The molecule has 142 valence electrons. The maximum Gasteiger partial charge on any atom is 0.343 e. The summed E-state index contributed by atoms with van der Waals surface area (Å²) in [5.41, 5.74) is -2.54. The second-order valence-electron chi connectivity index (χ2n) is 6.46. The molecule has 0 aromatic heterocycles. The molecule has 0 amide bonds. The molecule has 0 radical (unpaired) electrons. The second kappa shape index (κ2) is 7.84. The second-order valence-corrected chi connectivity index (χ2v) is 6.46. The van der Waals surface area contributed by atoms with Crippen molar-refractivity contribution in [3.8, 4) is 0 Å². The van der Waals surface area contributed by atoms with Crippen molar-refractivity contribution in [1.29, 1.82) is 0 Å². The highest BCUT2D eigenvalue weighted by molar-refractivity contribution is 6.08. The molecule has 0 saturated carbocycles. The molecule has 7 heteroatoms. The number of alkyl halides is 1. The van der Waals surface area contributed by atoms with Gasteiger partial charge < -0.3 is 14.2 Å². The third-order valence-corrected chi connectivity index (χ3v) is 4.37. The normalized spacial score (nSPS) is 24.8. The van der Waals surface area contributed by atoms with E-state index < -0.39 is 29.1 Å². The van der Waals surface area contributed by atoms with Crippen LogP contribution in [0.1, 0.15) is 30.1 Å². The fourth-order valence-electron chi connectivity index (χ4n) is 2.72. The Morgan fingerprint density at radius 2 is 1.96 bits per heavy atom. The average molecular weight is 374 g/mol. The van der Waals surface area contributed by atoms with Crippen molar-refractivity contribution < 1.29 is 33.0 Å². The lowest BCUT2D eigenvalue weighted by Gasteiger charge is -2.24. The first-order valence-corrected chi connectivity index (χ1v) is 8.61. The monoisotopic (exact) mass is 374 g/mol. The summed E-state index contributed by atoms with van der Waals surface area (Å²) in [6, 6.07) is 7.95. The SMILES string of the molecule is CC1(F)C(=O)C=C(C(=O)OC[C@H]2CCCO2)C=C1OC(=O)c1ccccc1. The van der Waals surface area contributed by atoms with Gasteiger partial charge in [-0.15, -0.1) is 0 Å². The number of rotatable bonds is 5. The third kappa shape index (κ3) is 4.31. The van der Waals surface area contributed by atoms with E-state index in [0.29, 0.717) is 6.61 Å². The number of halogens is 1. The van der Waals surface area contributed by atoms with Crippen LogP contribution < -0.4 is 0 Å². The number of ketones is 1. The van der Waals surface area contributed by atoms with Gasteiger partial charge in [0.25, 0.3) is 0 Å². The number of ether oxygens (including phenoxy) is 3. The number of carbonyl (C=O) groups is 3. The molecular formula is C20H19FO6. The van der Waals surface area contributed by atoms with Crippen molar-refractivity contribution in [2.45, 2.75) is 31.5 Å². The summed E-state index contributed by atoms with van der Waals surface area (Å²) < 4.78 is 30.3. The number of carbonyl (C=O) groups excluding carboxylic acids is 3. The Morgan fingerprint density at radius 3 is 2.63 bits per heavy atom. The largest absolute Gasteiger partial charge is 0.459 e. The van der Waals surface area contributed by atoms with Crippen LogP contribution in [-0.2, 0) is 23.8 Å². The van der Waals surface area contributed by atoms with Gasteiger partial charge in [-0.2, -0.15) is 0 Å². The molecule has 6 nitrogen and oxygen atoms in total. The van der Waals surface area contributed by atoms with E-state index in [0.717, 1.165) is 31.9 Å². The molecule has 1 saturated heterocycles. The molecular weight excluding hydrogens is 355 g/mol. The Balaban J connectivity index is 1.74. The molecule has 3 rings (SSSR count). The van der Waals surface area contributed by atoms with Gasteiger partial charge in [0.05, 0.1) is 17.2 Å². The van der Waals surface area contributed by atoms with Crippen LogP contribution in [0.25, 0.3) is 0 Å². The van der Waals surface area contributed by atoms with Crippen LogP contribution >= 0.6 is 0 Å². The minimum absolute atomic E-state index is 0.0459. The van der Waals surface area contributed by atoms with Gasteiger partial charge in [-0.05, 0) is 44.1 Å². The van der Waals surface area contributed by atoms with Crippen molar-refractivity contribution in [2.24, 2.45) is 0 Å². The summed E-state index contributed by atoms with van der Waals surface area (Å²) in [6.07, 6.45) is 3.38. The van der Waals surface area contributed by atoms with Crippen molar-refractivity contribution in [3.63, 3.8) is 0 Å². The van der Waals surface area contributed by atoms with Gasteiger partial charge in [-0.25, -0.2) is 14.0 Å². The number of allylic oxidation sites excluding steroid dienone is 2. The molecule has 1 aromatic rings. The first kappa shape index (κ1) is 19.0. The minimum atomic E-state index is -2.55. The number of hydrogen-bond acceptors (Lipinski definition) is 6. The van der Waals surface area contributed by atoms with Crippen molar-refractivity contribution in [3.05, 3.63) is 59.4 Å². The number of esters is 2. The van der Waals surface area contributed by atoms with E-state index in [4.69, 9.17) is 14.2 Å². The van der Waals surface area contributed by atoms with Crippen LogP contribution in [0.15, 0.2) is 53.8 Å². The highest BCUT2D eigenvalue weighted by atomic mass is 19.1. The first-order chi connectivity index (χ1) is 12.9. The van der Waals surface area contributed by atoms with Crippen molar-refractivity contribution in [2.75, 3.05) is 13.2 Å². The van der Waals surface area contributed by atoms with Crippen LogP contribution in [0, 0.1) is 0 Å². The fourth-order valence-corrected chi connectivity index (χ4v) is 2.72. The van der Waals surface area contributed by atoms with E-state index in [1.54, 1.807) is 18.2 Å². The van der Waals surface area contributed by atoms with Crippen LogP contribution in [0.3, 0.4) is 0 Å². The van der Waals surface area contributed by atoms with Crippen LogP contribution in [-0.4, -0.2) is 42.7 Å². The lowest BCUT2D eigenvalue weighted by molar-refractivity contribution is -0.142. The molecule has 1 fully saturated rings. The zero-order valence-corrected chi connectivity index (χ0v) is 14.8. The van der Waals surface area contributed by atoms with Gasteiger partial charge in [-0.3, -0.25) is 4.79 Å². The van der Waals surface area contributed by atoms with E-state index >= 15 is 0 Å². The quantitative estimate of drug-likeness (QED) is 0.738. The third-order valence-electron chi connectivity index (χ3n) is 4.37. The minimum Gasteiger partial charge on any atom is -0.459 e. The molecule has 1 aliphatic carbocycles. The first-order valence-electron chi connectivity index (χ1n) is 8.61. The molecule has 1 unspecified atom stereocenters. The molecule has 1 heterocycles. The Hall–Kier alpha value is -2.80. The van der Waals surface area contributed by atoms with Gasteiger partial charge in [-0.1, -0.05) is 18.2 Å². The van der Waals surface area contributed by atoms with Crippen LogP contribution in [0.5, 0.6) is 0 Å². The molecule has 2 atom stereocenters. The molecule has 1 aromatic carbocycles. The average Bonchev–Trinajstić information content (AvgIpc) is 3.18. The standard InChI is InChI=1S/C20H19FO6/c1-20(21)16(22)10-14(18(23)26-12-15-8-5-9-25-15)11-17(20)27-19(24)13-6-3-2-4-7-13/h2-4,6-7,10-11,15H,5,8-9,12H2,1H3/t15-,20?/m1/s1. The van der Waals surface area contributed by atoms with Gasteiger partial charge in [0.1, 0.15) is 6.61 Å². The highest BCUT2D eigenvalue weighted by Crippen LogP contribution is 2.31. The van der Waals surface area contributed by atoms with Gasteiger partial charge in [0.15, 0.2) is 5.76 Å². The maximum atomic E-state index is 14.8. The van der Waals surface area contributed by atoms with Crippen LogP contribution in [0.4, 0.5) is 4.39 Å². The Kier molecular flexibility index (Phi) is 5.51. The maximum absolute atomic E-state index is 14.8. The van der Waals surface area contributed by atoms with E-state index in [1.165, 1.54) is 12.1 Å².